The minimum absolute atomic E-state index is 0. The van der Waals surface area contributed by atoms with Crippen molar-refractivity contribution in [3.63, 3.8) is 0 Å². The molecule has 4 unspecified atom stereocenters. The lowest BCUT2D eigenvalue weighted by atomic mass is 9.52. The van der Waals surface area contributed by atoms with Gasteiger partial charge in [-0.3, -0.25) is 14.4 Å². The second-order valence-corrected chi connectivity index (χ2v) is 22.2. The molecule has 71 heavy (non-hydrogen) atoms. The van der Waals surface area contributed by atoms with Gasteiger partial charge in [0.05, 0.1) is 21.8 Å². The molecule has 4 atom stereocenters. The van der Waals surface area contributed by atoms with Crippen LogP contribution in [0.5, 0.6) is 0 Å². The van der Waals surface area contributed by atoms with Gasteiger partial charge in [-0.25, -0.2) is 4.79 Å². The number of halogens is 9. The minimum atomic E-state index is -5.79. The molecule has 8 bridgehead atoms. The van der Waals surface area contributed by atoms with Crippen LogP contribution in [-0.4, -0.2) is 77.5 Å². The van der Waals surface area contributed by atoms with Crippen LogP contribution in [0.3, 0.4) is 0 Å². The number of alkyl halides is 9. The molecule has 0 aromatic rings. The van der Waals surface area contributed by atoms with Crippen LogP contribution in [0.2, 0.25) is 0 Å². The average molecular weight is 1050 g/mol. The van der Waals surface area contributed by atoms with E-state index in [1.54, 1.807) is 34.6 Å². The molecular weight excluding hydrogens is 952 g/mol. The lowest BCUT2D eigenvalue weighted by Gasteiger charge is -2.61. The van der Waals surface area contributed by atoms with Gasteiger partial charge in [0.25, 0.3) is 6.10 Å². The molecule has 8 aliphatic carbocycles. The van der Waals surface area contributed by atoms with Crippen molar-refractivity contribution in [2.45, 2.75) is 271 Å². The third kappa shape index (κ3) is 17.9. The lowest BCUT2D eigenvalue weighted by molar-refractivity contribution is -0.317. The van der Waals surface area contributed by atoms with Gasteiger partial charge in [-0.05, 0) is 175 Å². The fourth-order valence-electron chi connectivity index (χ4n) is 11.0. The molecule has 0 amide bonds. The molecule has 9 nitrogen and oxygen atoms in total. The molecule has 8 saturated carbocycles. The zero-order valence-electron chi connectivity index (χ0n) is 39.8. The maximum atomic E-state index is 12.8. The van der Waals surface area contributed by atoms with Crippen LogP contribution in [0.4, 0.5) is 39.5 Å². The monoisotopic (exact) mass is 1050 g/mol. The molecular formula is C53H95F9O9. The Bertz CT molecular complexity index is 1640. The molecule has 0 aromatic heterocycles. The normalized spacial score (nSPS) is 28.8. The highest BCUT2D eigenvalue weighted by atomic mass is 19.4. The van der Waals surface area contributed by atoms with Crippen molar-refractivity contribution in [3.8, 4) is 0 Å². The van der Waals surface area contributed by atoms with Crippen molar-refractivity contribution in [1.82, 2.24) is 0 Å². The molecule has 0 saturated heterocycles. The fraction of sp³-hybridized carbons (Fsp3) is 0.925. The number of ether oxygens (including phenoxy) is 5. The number of carbonyl (C=O) groups is 4. The van der Waals surface area contributed by atoms with E-state index in [0.717, 1.165) is 63.7 Å². The number of carbonyl (C=O) groups excluding carboxylic acids is 4. The summed E-state index contributed by atoms with van der Waals surface area (Å²) in [6, 6.07) is 0. The van der Waals surface area contributed by atoms with E-state index in [0.29, 0.717) is 38.5 Å². The van der Waals surface area contributed by atoms with Gasteiger partial charge in [0.1, 0.15) is 11.2 Å². The summed E-state index contributed by atoms with van der Waals surface area (Å²) in [5.41, 5.74) is -3.72. The molecule has 0 N–H and O–H groups in total. The van der Waals surface area contributed by atoms with Crippen LogP contribution in [0, 0.1) is 45.8 Å². The Labute approximate surface area is 421 Å². The Hall–Kier alpha value is -2.79. The van der Waals surface area contributed by atoms with Gasteiger partial charge in [-0.1, -0.05) is 65.3 Å². The van der Waals surface area contributed by atoms with Crippen LogP contribution < -0.4 is 0 Å². The number of rotatable bonds is 13. The van der Waals surface area contributed by atoms with E-state index in [1.165, 1.54) is 19.3 Å². The van der Waals surface area contributed by atoms with E-state index in [-0.39, 0.29) is 85.8 Å². The number of hydrogen-bond donors (Lipinski definition) is 0. The summed E-state index contributed by atoms with van der Waals surface area (Å²) in [6.07, 6.45) is -11.1. The van der Waals surface area contributed by atoms with E-state index < -0.39 is 70.8 Å². The largest absolute Gasteiger partial charge is 0.459 e. The first-order valence-corrected chi connectivity index (χ1v) is 23.2. The van der Waals surface area contributed by atoms with Crippen molar-refractivity contribution in [1.29, 1.82) is 0 Å². The van der Waals surface area contributed by atoms with E-state index in [2.05, 4.69) is 16.4 Å². The Kier molecular flexibility index (Phi) is 26.2. The molecule has 0 aromatic carbocycles. The van der Waals surface area contributed by atoms with Crippen molar-refractivity contribution in [2.24, 2.45) is 45.8 Å². The summed E-state index contributed by atoms with van der Waals surface area (Å²) in [7, 11) is 0. The first kappa shape index (κ1) is 72.5. The number of hydrogen-bond acceptors (Lipinski definition) is 9. The first-order chi connectivity index (χ1) is 29.4. The van der Waals surface area contributed by atoms with Gasteiger partial charge < -0.3 is 23.7 Å². The Morgan fingerprint density at radius 2 is 0.775 bits per heavy atom. The molecule has 8 rings (SSSR count). The summed E-state index contributed by atoms with van der Waals surface area (Å²) in [5, 5.41) is 0. The zero-order chi connectivity index (χ0) is 49.6. The summed E-state index contributed by atoms with van der Waals surface area (Å²) in [4.78, 5) is 48.5. The van der Waals surface area contributed by atoms with E-state index in [4.69, 9.17) is 14.2 Å². The van der Waals surface area contributed by atoms with Gasteiger partial charge >= 0.3 is 42.4 Å². The van der Waals surface area contributed by atoms with Gasteiger partial charge in [-0.2, -0.15) is 39.5 Å². The molecule has 8 fully saturated rings. The minimum Gasteiger partial charge on any atom is -0.459 e. The Balaban J connectivity index is -0.00000104. The van der Waals surface area contributed by atoms with Gasteiger partial charge in [0, 0.05) is 6.42 Å². The first-order valence-electron chi connectivity index (χ1n) is 23.2. The van der Waals surface area contributed by atoms with Crippen LogP contribution in [0.1, 0.15) is 217 Å². The Morgan fingerprint density at radius 3 is 1.11 bits per heavy atom. The zero-order valence-corrected chi connectivity index (χ0v) is 39.8. The fourth-order valence-corrected chi connectivity index (χ4v) is 11.0. The standard InChI is InChI=1S/C22H30F6O5.C16H26O2.C9H15F3O2.6CH4/c1-5-18(3,4)17(30)33-20-9-13-6-14(10-20)8-19(7-13,11-20)32-12(2)15(29)31-16(21(23,24)25)22(26,27)28;1-4-15(2,3)14(17)18-16-8-11-5-12(9-16)7-13(6-11)10-16;1-5-8(3,4)7(13)14-6(2)9(10,11)12;;;;;;/h12-14,16H,5-11H2,1-4H3;11-13H,4-10H2,1-3H3;6H,5H2,1-4H3;6*1H4. The highest BCUT2D eigenvalue weighted by Crippen LogP contribution is 2.61. The maximum Gasteiger partial charge on any atom is 0.434 e. The molecule has 18 heteroatoms. The van der Waals surface area contributed by atoms with Gasteiger partial charge in [0.15, 0.2) is 12.2 Å². The Morgan fingerprint density at radius 1 is 0.465 bits per heavy atom. The highest BCUT2D eigenvalue weighted by molar-refractivity contribution is 5.77. The second-order valence-electron chi connectivity index (χ2n) is 22.2. The summed E-state index contributed by atoms with van der Waals surface area (Å²) in [6.45, 7) is 18.3. The van der Waals surface area contributed by atoms with Crippen LogP contribution in [-0.2, 0) is 42.9 Å². The van der Waals surface area contributed by atoms with Crippen molar-refractivity contribution >= 4 is 23.9 Å². The highest BCUT2D eigenvalue weighted by Gasteiger charge is 2.63. The SMILES string of the molecule is C.C.C.C.C.C.CCC(C)(C)C(=O)OC(C)C(F)(F)F.CCC(C)(C)C(=O)OC12CC3CC(C1)CC(OC(C)C(=O)OC(C(F)(F)F)C(F)(F)F)(C3)C2.CCC(C)(C)C(=O)OC12CC3CC(CC(C3)C1)C2. The third-order valence-electron chi connectivity index (χ3n) is 15.2. The van der Waals surface area contributed by atoms with Crippen molar-refractivity contribution in [3.05, 3.63) is 0 Å². The van der Waals surface area contributed by atoms with Gasteiger partial charge in [-0.15, -0.1) is 0 Å². The van der Waals surface area contributed by atoms with E-state index >= 15 is 0 Å². The lowest BCUT2D eigenvalue weighted by Crippen LogP contribution is -2.62. The predicted octanol–water partition coefficient (Wildman–Crippen LogP) is 16.2. The molecule has 424 valence electrons. The summed E-state index contributed by atoms with van der Waals surface area (Å²) >= 11 is 0. The summed E-state index contributed by atoms with van der Waals surface area (Å²) < 4.78 is 139. The molecule has 0 spiro atoms. The average Bonchev–Trinajstić information content (AvgIpc) is 3.14. The van der Waals surface area contributed by atoms with E-state index in [9.17, 15) is 58.7 Å². The van der Waals surface area contributed by atoms with E-state index in [1.807, 2.05) is 20.8 Å². The maximum absolute atomic E-state index is 12.8. The van der Waals surface area contributed by atoms with Crippen molar-refractivity contribution < 1.29 is 82.4 Å². The number of esters is 4. The summed E-state index contributed by atoms with van der Waals surface area (Å²) in [5.74, 6) is -0.0836. The van der Waals surface area contributed by atoms with Crippen LogP contribution in [0.15, 0.2) is 0 Å². The molecule has 0 heterocycles. The van der Waals surface area contributed by atoms with Crippen LogP contribution in [0.25, 0.3) is 0 Å². The predicted molar refractivity (Wildman–Crippen MR) is 260 cm³/mol. The quantitative estimate of drug-likeness (QED) is 0.101. The molecule has 0 aliphatic heterocycles. The van der Waals surface area contributed by atoms with Gasteiger partial charge in [0.2, 0.25) is 0 Å². The third-order valence-corrected chi connectivity index (χ3v) is 15.2. The topological polar surface area (TPSA) is 114 Å². The molecule has 8 aliphatic rings. The smallest absolute Gasteiger partial charge is 0.434 e. The second kappa shape index (κ2) is 25.6. The van der Waals surface area contributed by atoms with Crippen LogP contribution >= 0.6 is 0 Å². The van der Waals surface area contributed by atoms with Crippen molar-refractivity contribution in [2.75, 3.05) is 0 Å². The molecule has 0 radical (unpaired) electrons.